The largest absolute Gasteiger partial charge is 0.317 e. The first-order chi connectivity index (χ1) is 8.84. The van der Waals surface area contributed by atoms with Gasteiger partial charge in [-0.25, -0.2) is 0 Å². The number of piperidine rings is 1. The van der Waals surface area contributed by atoms with Crippen LogP contribution < -0.4 is 5.32 Å². The number of nitrogens with one attached hydrogen (secondary N) is 1. The summed E-state index contributed by atoms with van der Waals surface area (Å²) < 4.78 is 0. The van der Waals surface area contributed by atoms with Gasteiger partial charge in [0.15, 0.2) is 0 Å². The Balaban J connectivity index is 1.54. The minimum atomic E-state index is 0.838. The predicted molar refractivity (Wildman–Crippen MR) is 79.2 cm³/mol. The fraction of sp³-hybridized carbons (Fsp3) is 0.625. The summed E-state index contributed by atoms with van der Waals surface area (Å²) in [4.78, 5) is 0. The van der Waals surface area contributed by atoms with Gasteiger partial charge in [-0.3, -0.25) is 0 Å². The van der Waals surface area contributed by atoms with Crippen LogP contribution in [-0.2, 0) is 6.42 Å². The number of rotatable bonds is 6. The second-order valence-electron chi connectivity index (χ2n) is 5.42. The number of unbranched alkanes of at least 4 members (excludes halogenated alkanes) is 2. The first-order valence-corrected chi connectivity index (χ1v) is 7.67. The predicted octanol–water partition coefficient (Wildman–Crippen LogP) is 4.44. The molecule has 18 heavy (non-hydrogen) atoms. The average molecular weight is 266 g/mol. The smallest absolute Gasteiger partial charge is 0.0406 e. The SMILES string of the molecule is Clc1ccc(CCCCCC2CCNCC2)cc1. The molecule has 2 heteroatoms. The van der Waals surface area contributed by atoms with Crippen LogP contribution in [0.1, 0.15) is 44.1 Å². The summed E-state index contributed by atoms with van der Waals surface area (Å²) >= 11 is 5.88. The molecular formula is C16H24ClN. The van der Waals surface area contributed by atoms with Gasteiger partial charge in [0.05, 0.1) is 0 Å². The highest BCUT2D eigenvalue weighted by atomic mass is 35.5. The molecule has 0 bridgehead atoms. The fourth-order valence-corrected chi connectivity index (χ4v) is 2.89. The van der Waals surface area contributed by atoms with Gasteiger partial charge in [0, 0.05) is 5.02 Å². The molecule has 1 nitrogen and oxygen atoms in total. The average Bonchev–Trinajstić information content (AvgIpc) is 2.42. The monoisotopic (exact) mass is 265 g/mol. The molecule has 1 aliphatic rings. The lowest BCUT2D eigenvalue weighted by molar-refractivity contribution is 0.343. The molecule has 0 saturated carbocycles. The topological polar surface area (TPSA) is 12.0 Å². The molecule has 100 valence electrons. The van der Waals surface area contributed by atoms with Crippen molar-refractivity contribution in [2.24, 2.45) is 5.92 Å². The summed E-state index contributed by atoms with van der Waals surface area (Å²) in [5.41, 5.74) is 1.42. The van der Waals surface area contributed by atoms with Crippen molar-refractivity contribution in [2.75, 3.05) is 13.1 Å². The van der Waals surface area contributed by atoms with Crippen molar-refractivity contribution in [3.05, 3.63) is 34.9 Å². The third-order valence-corrected chi connectivity index (χ3v) is 4.20. The Morgan fingerprint density at radius 2 is 1.72 bits per heavy atom. The van der Waals surface area contributed by atoms with Crippen molar-refractivity contribution in [1.29, 1.82) is 0 Å². The Bertz CT molecular complexity index is 327. The quantitative estimate of drug-likeness (QED) is 0.750. The van der Waals surface area contributed by atoms with E-state index in [1.165, 1.54) is 63.6 Å². The zero-order chi connectivity index (χ0) is 12.6. The molecule has 0 unspecified atom stereocenters. The van der Waals surface area contributed by atoms with Crippen molar-refractivity contribution in [3.63, 3.8) is 0 Å². The zero-order valence-electron chi connectivity index (χ0n) is 11.1. The van der Waals surface area contributed by atoms with Gasteiger partial charge < -0.3 is 5.32 Å². The summed E-state index contributed by atoms with van der Waals surface area (Å²) in [6.45, 7) is 2.46. The molecule has 0 radical (unpaired) electrons. The van der Waals surface area contributed by atoms with Gasteiger partial charge in [-0.1, -0.05) is 43.0 Å². The molecule has 2 rings (SSSR count). The van der Waals surface area contributed by atoms with Gasteiger partial charge in [0.25, 0.3) is 0 Å². The van der Waals surface area contributed by atoms with E-state index in [0.717, 1.165) is 10.9 Å². The Hall–Kier alpha value is -0.530. The second kappa shape index (κ2) is 7.81. The van der Waals surface area contributed by atoms with E-state index in [4.69, 9.17) is 11.6 Å². The third kappa shape index (κ3) is 4.99. The minimum Gasteiger partial charge on any atom is -0.317 e. The number of hydrogen-bond donors (Lipinski definition) is 1. The highest BCUT2D eigenvalue weighted by Crippen LogP contribution is 2.20. The molecule has 0 spiro atoms. The molecule has 1 aromatic rings. The van der Waals surface area contributed by atoms with Crippen LogP contribution in [0.15, 0.2) is 24.3 Å². The molecular weight excluding hydrogens is 242 g/mol. The number of halogens is 1. The van der Waals surface area contributed by atoms with E-state index in [1.54, 1.807) is 0 Å². The first-order valence-electron chi connectivity index (χ1n) is 7.30. The van der Waals surface area contributed by atoms with E-state index >= 15 is 0 Å². The highest BCUT2D eigenvalue weighted by Gasteiger charge is 2.11. The van der Waals surface area contributed by atoms with Crippen LogP contribution >= 0.6 is 11.6 Å². The van der Waals surface area contributed by atoms with E-state index in [-0.39, 0.29) is 0 Å². The maximum absolute atomic E-state index is 5.88. The lowest BCUT2D eigenvalue weighted by atomic mass is 9.92. The van der Waals surface area contributed by atoms with E-state index in [9.17, 15) is 0 Å². The van der Waals surface area contributed by atoms with Crippen LogP contribution in [-0.4, -0.2) is 13.1 Å². The lowest BCUT2D eigenvalue weighted by Crippen LogP contribution is -2.27. The van der Waals surface area contributed by atoms with E-state index in [1.807, 2.05) is 12.1 Å². The van der Waals surface area contributed by atoms with Crippen molar-refractivity contribution >= 4 is 11.6 Å². The van der Waals surface area contributed by atoms with Gasteiger partial charge in [0.2, 0.25) is 0 Å². The molecule has 0 aliphatic carbocycles. The summed E-state index contributed by atoms with van der Waals surface area (Å²) in [7, 11) is 0. The van der Waals surface area contributed by atoms with Gasteiger partial charge in [-0.15, -0.1) is 0 Å². The highest BCUT2D eigenvalue weighted by molar-refractivity contribution is 6.30. The molecule has 1 aliphatic heterocycles. The van der Waals surface area contributed by atoms with Crippen LogP contribution in [0.3, 0.4) is 0 Å². The standard InChI is InChI=1S/C16H24ClN/c17-16-8-6-14(7-9-16)4-2-1-3-5-15-10-12-18-13-11-15/h6-9,15,18H,1-5,10-13H2. The minimum absolute atomic E-state index is 0.838. The van der Waals surface area contributed by atoms with Crippen LogP contribution in [0.5, 0.6) is 0 Å². The molecule has 0 amide bonds. The van der Waals surface area contributed by atoms with Crippen LogP contribution in [0, 0.1) is 5.92 Å². The fourth-order valence-electron chi connectivity index (χ4n) is 2.76. The Morgan fingerprint density at radius 1 is 1.00 bits per heavy atom. The van der Waals surface area contributed by atoms with Gasteiger partial charge in [0.1, 0.15) is 0 Å². The number of hydrogen-bond acceptors (Lipinski definition) is 1. The molecule has 1 heterocycles. The van der Waals surface area contributed by atoms with Crippen LogP contribution in [0.2, 0.25) is 5.02 Å². The lowest BCUT2D eigenvalue weighted by Gasteiger charge is -2.22. The van der Waals surface area contributed by atoms with E-state index < -0.39 is 0 Å². The van der Waals surface area contributed by atoms with E-state index in [0.29, 0.717) is 0 Å². The summed E-state index contributed by atoms with van der Waals surface area (Å²) in [5.74, 6) is 0.988. The maximum atomic E-state index is 5.88. The molecule has 0 atom stereocenters. The van der Waals surface area contributed by atoms with Gasteiger partial charge in [-0.05, 0) is 62.4 Å². The molecule has 0 aromatic heterocycles. The Kier molecular flexibility index (Phi) is 6.02. The van der Waals surface area contributed by atoms with Crippen LogP contribution in [0.25, 0.3) is 0 Å². The third-order valence-electron chi connectivity index (χ3n) is 3.95. The normalized spacial score (nSPS) is 16.9. The number of benzene rings is 1. The van der Waals surface area contributed by atoms with Gasteiger partial charge >= 0.3 is 0 Å². The molecule has 1 fully saturated rings. The van der Waals surface area contributed by atoms with Gasteiger partial charge in [-0.2, -0.15) is 0 Å². The van der Waals surface area contributed by atoms with Crippen molar-refractivity contribution in [2.45, 2.75) is 44.9 Å². The van der Waals surface area contributed by atoms with Crippen molar-refractivity contribution < 1.29 is 0 Å². The summed E-state index contributed by atoms with van der Waals surface area (Å²) in [5, 5.41) is 4.27. The second-order valence-corrected chi connectivity index (χ2v) is 5.86. The van der Waals surface area contributed by atoms with Crippen molar-refractivity contribution in [3.8, 4) is 0 Å². The summed E-state index contributed by atoms with van der Waals surface area (Å²) in [6.07, 6.45) is 9.48. The summed E-state index contributed by atoms with van der Waals surface area (Å²) in [6, 6.07) is 8.28. The van der Waals surface area contributed by atoms with Crippen molar-refractivity contribution in [1.82, 2.24) is 5.32 Å². The Morgan fingerprint density at radius 3 is 2.44 bits per heavy atom. The number of aryl methyl sites for hydroxylation is 1. The molecule has 1 N–H and O–H groups in total. The molecule has 1 aromatic carbocycles. The maximum Gasteiger partial charge on any atom is 0.0406 e. The van der Waals surface area contributed by atoms with Crippen LogP contribution in [0.4, 0.5) is 0 Å². The van der Waals surface area contributed by atoms with E-state index in [2.05, 4.69) is 17.4 Å². The molecule has 1 saturated heterocycles. The zero-order valence-corrected chi connectivity index (χ0v) is 11.9. The Labute approximate surface area is 116 Å². The first kappa shape index (κ1) is 13.9.